The third-order valence-electron chi connectivity index (χ3n) is 5.73. The van der Waals surface area contributed by atoms with Gasteiger partial charge in [-0.2, -0.15) is 0 Å². The summed E-state index contributed by atoms with van der Waals surface area (Å²) in [5, 5.41) is 2.12. The zero-order valence-electron chi connectivity index (χ0n) is 16.9. The lowest BCUT2D eigenvalue weighted by molar-refractivity contribution is -0.127. The summed E-state index contributed by atoms with van der Waals surface area (Å²) in [6, 6.07) is 9.76. The summed E-state index contributed by atoms with van der Waals surface area (Å²) in [6.07, 6.45) is 6.91. The summed E-state index contributed by atoms with van der Waals surface area (Å²) in [5.74, 6) is 2.15. The number of nitrogens with zero attached hydrogens (tertiary/aromatic N) is 3. The molecule has 5 rings (SSSR count). The van der Waals surface area contributed by atoms with E-state index < -0.39 is 0 Å². The summed E-state index contributed by atoms with van der Waals surface area (Å²) in [5.41, 5.74) is 1.41. The number of fused-ring (bicyclic) bond motifs is 3. The van der Waals surface area contributed by atoms with Gasteiger partial charge in [-0.25, -0.2) is 9.97 Å². The Balaban J connectivity index is 1.42. The normalized spacial score (nSPS) is 16.1. The van der Waals surface area contributed by atoms with Gasteiger partial charge in [0.25, 0.3) is 0 Å². The van der Waals surface area contributed by atoms with Crippen molar-refractivity contribution >= 4 is 39.2 Å². The van der Waals surface area contributed by atoms with Crippen LogP contribution in [-0.4, -0.2) is 39.6 Å². The highest BCUT2D eigenvalue weighted by molar-refractivity contribution is 8.00. The largest absolute Gasteiger partial charge is 0.486 e. The van der Waals surface area contributed by atoms with Crippen LogP contribution in [0.1, 0.15) is 41.9 Å². The fourth-order valence-corrected chi connectivity index (χ4v) is 6.51. The molecule has 0 saturated carbocycles. The van der Waals surface area contributed by atoms with Gasteiger partial charge in [0, 0.05) is 23.4 Å². The first-order valence-corrected chi connectivity index (χ1v) is 12.5. The summed E-state index contributed by atoms with van der Waals surface area (Å²) in [7, 11) is 0. The first-order valence-electron chi connectivity index (χ1n) is 10.7. The van der Waals surface area contributed by atoms with Gasteiger partial charge in [0.1, 0.15) is 22.2 Å². The lowest BCUT2D eigenvalue weighted by atomic mass is 9.97. The van der Waals surface area contributed by atoms with Gasteiger partial charge in [-0.3, -0.25) is 4.79 Å². The van der Waals surface area contributed by atoms with Crippen molar-refractivity contribution in [2.75, 3.05) is 18.8 Å². The van der Waals surface area contributed by atoms with Crippen LogP contribution in [0.25, 0.3) is 10.2 Å². The molecule has 0 bridgehead atoms. The summed E-state index contributed by atoms with van der Waals surface area (Å²) >= 11 is 3.36. The number of ether oxygens (including phenoxy) is 1. The third kappa shape index (κ3) is 4.18. The van der Waals surface area contributed by atoms with Crippen LogP contribution in [0, 0.1) is 0 Å². The number of likely N-dealkylation sites (tertiary alicyclic amines) is 1. The molecule has 0 unspecified atom stereocenters. The molecule has 2 aliphatic rings. The number of aromatic nitrogens is 2. The number of thiophene rings is 1. The maximum Gasteiger partial charge on any atom is 0.232 e. The molecule has 3 aromatic rings. The van der Waals surface area contributed by atoms with E-state index in [0.717, 1.165) is 54.4 Å². The van der Waals surface area contributed by atoms with Gasteiger partial charge < -0.3 is 9.64 Å². The van der Waals surface area contributed by atoms with Crippen molar-refractivity contribution in [3.63, 3.8) is 0 Å². The van der Waals surface area contributed by atoms with Crippen LogP contribution in [0.15, 0.2) is 35.4 Å². The Morgan fingerprint density at radius 1 is 1.07 bits per heavy atom. The van der Waals surface area contributed by atoms with Crippen molar-refractivity contribution in [3.8, 4) is 5.75 Å². The number of hydrogen-bond acceptors (Lipinski definition) is 6. The maximum absolute atomic E-state index is 12.6. The molecule has 156 valence electrons. The number of rotatable bonds is 6. The second-order valence-corrected chi connectivity index (χ2v) is 9.86. The SMILES string of the molecule is O=C(CSc1nc(COc2ccccc2)nc2sc3c(c12)CCCC3)N1CCCC1. The zero-order chi connectivity index (χ0) is 20.3. The quantitative estimate of drug-likeness (QED) is 0.405. The van der Waals surface area contributed by atoms with Crippen molar-refractivity contribution in [2.24, 2.45) is 0 Å². The van der Waals surface area contributed by atoms with E-state index in [4.69, 9.17) is 14.7 Å². The monoisotopic (exact) mass is 439 g/mol. The van der Waals surface area contributed by atoms with Crippen molar-refractivity contribution in [2.45, 2.75) is 50.2 Å². The van der Waals surface area contributed by atoms with Crippen molar-refractivity contribution < 1.29 is 9.53 Å². The molecule has 0 spiro atoms. The molecule has 1 amide bonds. The van der Waals surface area contributed by atoms with Crippen molar-refractivity contribution in [1.82, 2.24) is 14.9 Å². The Morgan fingerprint density at radius 2 is 1.87 bits per heavy atom. The summed E-state index contributed by atoms with van der Waals surface area (Å²) in [6.45, 7) is 2.11. The predicted molar refractivity (Wildman–Crippen MR) is 121 cm³/mol. The van der Waals surface area contributed by atoms with E-state index in [1.807, 2.05) is 35.2 Å². The second kappa shape index (κ2) is 8.94. The molecule has 1 fully saturated rings. The molecule has 0 N–H and O–H groups in total. The van der Waals surface area contributed by atoms with Crippen LogP contribution in [0.4, 0.5) is 0 Å². The number of para-hydroxylation sites is 1. The Bertz CT molecular complexity index is 1050. The molecule has 1 aliphatic heterocycles. The van der Waals surface area contributed by atoms with E-state index in [1.54, 1.807) is 23.1 Å². The Kier molecular flexibility index (Phi) is 5.91. The van der Waals surface area contributed by atoms with Crippen LogP contribution < -0.4 is 4.74 Å². The number of carbonyl (C=O) groups is 1. The summed E-state index contributed by atoms with van der Waals surface area (Å²) < 4.78 is 5.90. The molecule has 5 nitrogen and oxygen atoms in total. The van der Waals surface area contributed by atoms with Crippen molar-refractivity contribution in [3.05, 3.63) is 46.6 Å². The lowest BCUT2D eigenvalue weighted by Gasteiger charge is -2.15. The molecule has 1 aliphatic carbocycles. The highest BCUT2D eigenvalue weighted by Gasteiger charge is 2.23. The average Bonchev–Trinajstić information content (AvgIpc) is 3.44. The molecule has 3 heterocycles. The predicted octanol–water partition coefficient (Wildman–Crippen LogP) is 4.86. The highest BCUT2D eigenvalue weighted by Crippen LogP contribution is 2.39. The highest BCUT2D eigenvalue weighted by atomic mass is 32.2. The van der Waals surface area contributed by atoms with Gasteiger partial charge in [0.05, 0.1) is 5.75 Å². The van der Waals surface area contributed by atoms with Crippen LogP contribution in [0.5, 0.6) is 5.75 Å². The van der Waals surface area contributed by atoms with Gasteiger partial charge in [0.2, 0.25) is 5.91 Å². The van der Waals surface area contributed by atoms with Gasteiger partial charge in [-0.15, -0.1) is 11.3 Å². The Hall–Kier alpha value is -2.12. The lowest BCUT2D eigenvalue weighted by Crippen LogP contribution is -2.29. The first kappa shape index (κ1) is 19.8. The molecule has 1 saturated heterocycles. The van der Waals surface area contributed by atoms with E-state index in [1.165, 1.54) is 28.7 Å². The van der Waals surface area contributed by atoms with E-state index in [0.29, 0.717) is 18.2 Å². The topological polar surface area (TPSA) is 55.3 Å². The minimum Gasteiger partial charge on any atom is -0.486 e. The van der Waals surface area contributed by atoms with E-state index in [-0.39, 0.29) is 5.91 Å². The molecular weight excluding hydrogens is 414 g/mol. The summed E-state index contributed by atoms with van der Waals surface area (Å²) in [4.78, 5) is 26.8. The molecule has 2 aromatic heterocycles. The molecule has 0 atom stereocenters. The zero-order valence-corrected chi connectivity index (χ0v) is 18.6. The number of aryl methyl sites for hydroxylation is 2. The van der Waals surface area contributed by atoms with Gasteiger partial charge >= 0.3 is 0 Å². The van der Waals surface area contributed by atoms with Crippen LogP contribution >= 0.6 is 23.1 Å². The number of amides is 1. The minimum absolute atomic E-state index is 0.218. The fourth-order valence-electron chi connectivity index (χ4n) is 4.19. The average molecular weight is 440 g/mol. The molecule has 0 radical (unpaired) electrons. The smallest absolute Gasteiger partial charge is 0.232 e. The Labute approximate surface area is 184 Å². The first-order chi connectivity index (χ1) is 14.8. The standard InChI is InChI=1S/C23H25N3O2S2/c27-20(26-12-6-7-13-26)15-29-22-21-17-10-4-5-11-18(17)30-23(21)25-19(24-22)14-28-16-8-2-1-3-9-16/h1-3,8-9H,4-7,10-15H2. The van der Waals surface area contributed by atoms with Gasteiger partial charge in [0.15, 0.2) is 5.82 Å². The van der Waals surface area contributed by atoms with Crippen LogP contribution in [-0.2, 0) is 24.2 Å². The molecule has 30 heavy (non-hydrogen) atoms. The van der Waals surface area contributed by atoms with Gasteiger partial charge in [-0.1, -0.05) is 30.0 Å². The van der Waals surface area contributed by atoms with Crippen LogP contribution in [0.3, 0.4) is 0 Å². The number of hydrogen-bond donors (Lipinski definition) is 0. The molecular formula is C23H25N3O2S2. The molecule has 7 heteroatoms. The maximum atomic E-state index is 12.6. The fraction of sp³-hybridized carbons (Fsp3) is 0.435. The van der Waals surface area contributed by atoms with E-state index >= 15 is 0 Å². The number of benzene rings is 1. The number of thioether (sulfide) groups is 1. The second-order valence-electron chi connectivity index (χ2n) is 7.81. The number of carbonyl (C=O) groups excluding carboxylic acids is 1. The van der Waals surface area contributed by atoms with Crippen LogP contribution in [0.2, 0.25) is 0 Å². The van der Waals surface area contributed by atoms with Gasteiger partial charge in [-0.05, 0) is 56.2 Å². The molecule has 1 aromatic carbocycles. The third-order valence-corrected chi connectivity index (χ3v) is 7.88. The minimum atomic E-state index is 0.218. The van der Waals surface area contributed by atoms with E-state index in [9.17, 15) is 4.79 Å². The van der Waals surface area contributed by atoms with Crippen molar-refractivity contribution in [1.29, 1.82) is 0 Å². The Morgan fingerprint density at radius 3 is 2.70 bits per heavy atom. The van der Waals surface area contributed by atoms with E-state index in [2.05, 4.69) is 0 Å².